The van der Waals surface area contributed by atoms with Crippen LogP contribution in [0.15, 0.2) is 45.6 Å². The van der Waals surface area contributed by atoms with Gasteiger partial charge in [-0.25, -0.2) is 22.9 Å². The first-order valence-electron chi connectivity index (χ1n) is 8.72. The highest BCUT2D eigenvalue weighted by atomic mass is 32.2. The zero-order chi connectivity index (χ0) is 19.5. The lowest BCUT2D eigenvalue weighted by atomic mass is 9.96. The number of rotatable bonds is 7. The van der Waals surface area contributed by atoms with Gasteiger partial charge in [0.2, 0.25) is 10.0 Å². The summed E-state index contributed by atoms with van der Waals surface area (Å²) in [5.41, 5.74) is 0.948. The van der Waals surface area contributed by atoms with Gasteiger partial charge < -0.3 is 10.6 Å². The molecule has 3 rings (SSSR count). The van der Waals surface area contributed by atoms with Crippen molar-refractivity contribution in [2.75, 3.05) is 13.1 Å². The number of thiophene rings is 1. The molecule has 0 amide bonds. The number of nitrogens with two attached hydrogens (primary N) is 1. The largest absolute Gasteiger partial charge is 0.357 e. The summed E-state index contributed by atoms with van der Waals surface area (Å²) < 4.78 is 36.4. The minimum atomic E-state index is -3.68. The van der Waals surface area contributed by atoms with Gasteiger partial charge in [-0.2, -0.15) is 0 Å². The second-order valence-electron chi connectivity index (χ2n) is 6.61. The monoisotopic (exact) mass is 410 g/mol. The van der Waals surface area contributed by atoms with E-state index in [1.54, 1.807) is 18.2 Å². The van der Waals surface area contributed by atoms with E-state index in [-0.39, 0.29) is 15.4 Å². The average molecular weight is 411 g/mol. The zero-order valence-electron chi connectivity index (χ0n) is 15.0. The number of sulfonamides is 1. The van der Waals surface area contributed by atoms with Crippen molar-refractivity contribution in [2.24, 2.45) is 10.1 Å². The van der Waals surface area contributed by atoms with E-state index in [0.29, 0.717) is 25.6 Å². The second kappa shape index (κ2) is 7.95. The van der Waals surface area contributed by atoms with Crippen molar-refractivity contribution in [1.82, 2.24) is 10.6 Å². The van der Waals surface area contributed by atoms with Crippen LogP contribution in [-0.2, 0) is 22.0 Å². The van der Waals surface area contributed by atoms with Crippen LogP contribution in [0.25, 0.3) is 0 Å². The zero-order valence-corrected chi connectivity index (χ0v) is 16.7. The van der Waals surface area contributed by atoms with Crippen LogP contribution in [0.3, 0.4) is 0 Å². The van der Waals surface area contributed by atoms with Crippen LogP contribution < -0.4 is 15.8 Å². The molecule has 0 aliphatic heterocycles. The molecule has 1 aliphatic rings. The molecule has 9 heteroatoms. The molecule has 1 aliphatic carbocycles. The lowest BCUT2D eigenvalue weighted by Gasteiger charge is -2.19. The number of guanidine groups is 1. The van der Waals surface area contributed by atoms with Crippen molar-refractivity contribution in [1.29, 1.82) is 0 Å². The lowest BCUT2D eigenvalue weighted by Crippen LogP contribution is -2.41. The number of hydrogen-bond acceptors (Lipinski definition) is 4. The van der Waals surface area contributed by atoms with Crippen molar-refractivity contribution in [3.05, 3.63) is 52.7 Å². The van der Waals surface area contributed by atoms with Crippen LogP contribution in [0.1, 0.15) is 30.2 Å². The van der Waals surface area contributed by atoms with Crippen LogP contribution in [0, 0.1) is 5.82 Å². The Morgan fingerprint density at radius 3 is 2.67 bits per heavy atom. The van der Waals surface area contributed by atoms with E-state index < -0.39 is 10.0 Å². The standard InChI is InChI=1S/C18H23FN4O2S2/c1-2-21-17(22-11-15-6-7-16(26-15)27(20,24)25)23-12-18(8-9-18)13-4-3-5-14(19)10-13/h3-7,10H,2,8-9,11-12H2,1H3,(H2,20,24,25)(H2,21,22,23). The fraction of sp³-hybridized carbons (Fsp3) is 0.389. The molecular weight excluding hydrogens is 387 g/mol. The first-order chi connectivity index (χ1) is 12.8. The smallest absolute Gasteiger partial charge is 0.247 e. The fourth-order valence-electron chi connectivity index (χ4n) is 2.88. The highest BCUT2D eigenvalue weighted by molar-refractivity contribution is 7.91. The molecule has 4 N–H and O–H groups in total. The maximum Gasteiger partial charge on any atom is 0.247 e. The molecule has 0 atom stereocenters. The number of benzene rings is 1. The number of halogens is 1. The summed E-state index contributed by atoms with van der Waals surface area (Å²) in [6.45, 7) is 3.68. The first kappa shape index (κ1) is 19.8. The molecular formula is C18H23FN4O2S2. The molecule has 1 heterocycles. The predicted molar refractivity (Wildman–Crippen MR) is 106 cm³/mol. The molecule has 27 heavy (non-hydrogen) atoms. The second-order valence-corrected chi connectivity index (χ2v) is 9.56. The average Bonchev–Trinajstić information content (AvgIpc) is 3.25. The Labute approximate surface area is 162 Å². The van der Waals surface area contributed by atoms with Gasteiger partial charge in [0.1, 0.15) is 10.0 Å². The summed E-state index contributed by atoms with van der Waals surface area (Å²) in [5, 5.41) is 11.6. The summed E-state index contributed by atoms with van der Waals surface area (Å²) in [4.78, 5) is 5.32. The van der Waals surface area contributed by atoms with Gasteiger partial charge in [-0.3, -0.25) is 0 Å². The third-order valence-corrected chi connectivity index (χ3v) is 7.05. The van der Waals surface area contributed by atoms with E-state index in [0.717, 1.165) is 34.6 Å². The van der Waals surface area contributed by atoms with Gasteiger partial charge in [-0.15, -0.1) is 11.3 Å². The quantitative estimate of drug-likeness (QED) is 0.482. The molecule has 1 fully saturated rings. The van der Waals surface area contributed by atoms with Gasteiger partial charge in [0.15, 0.2) is 5.96 Å². The fourth-order valence-corrected chi connectivity index (χ4v) is 4.59. The van der Waals surface area contributed by atoms with E-state index in [9.17, 15) is 12.8 Å². The Morgan fingerprint density at radius 1 is 1.30 bits per heavy atom. The van der Waals surface area contributed by atoms with Crippen molar-refractivity contribution >= 4 is 27.3 Å². The summed E-state index contributed by atoms with van der Waals surface area (Å²) in [5.74, 6) is 0.424. The van der Waals surface area contributed by atoms with Crippen LogP contribution >= 0.6 is 11.3 Å². The lowest BCUT2D eigenvalue weighted by molar-refractivity contribution is 0.599. The number of hydrogen-bond donors (Lipinski definition) is 3. The van der Waals surface area contributed by atoms with E-state index in [2.05, 4.69) is 15.6 Å². The Kier molecular flexibility index (Phi) is 5.83. The molecule has 1 aromatic heterocycles. The Bertz CT molecular complexity index is 936. The Hall–Kier alpha value is -1.97. The molecule has 0 radical (unpaired) electrons. The predicted octanol–water partition coefficient (Wildman–Crippen LogP) is 2.32. The maximum atomic E-state index is 13.5. The van der Waals surface area contributed by atoms with Gasteiger partial charge in [-0.1, -0.05) is 12.1 Å². The van der Waals surface area contributed by atoms with E-state index in [1.165, 1.54) is 12.1 Å². The molecule has 1 saturated carbocycles. The molecule has 0 spiro atoms. The summed E-state index contributed by atoms with van der Waals surface area (Å²) in [6, 6.07) is 9.96. The van der Waals surface area contributed by atoms with Crippen LogP contribution in [-0.4, -0.2) is 27.5 Å². The van der Waals surface area contributed by atoms with Crippen molar-refractivity contribution in [2.45, 2.75) is 35.9 Å². The topological polar surface area (TPSA) is 96.6 Å². The molecule has 0 saturated heterocycles. The van der Waals surface area contributed by atoms with Crippen LogP contribution in [0.5, 0.6) is 0 Å². The normalized spacial score (nSPS) is 16.2. The maximum absolute atomic E-state index is 13.5. The van der Waals surface area contributed by atoms with Gasteiger partial charge >= 0.3 is 0 Å². The first-order valence-corrected chi connectivity index (χ1v) is 11.1. The number of aliphatic imine (C=N–C) groups is 1. The minimum Gasteiger partial charge on any atom is -0.357 e. The van der Waals surface area contributed by atoms with E-state index >= 15 is 0 Å². The summed E-state index contributed by atoms with van der Waals surface area (Å²) >= 11 is 1.12. The van der Waals surface area contributed by atoms with E-state index in [1.807, 2.05) is 13.0 Å². The highest BCUT2D eigenvalue weighted by Crippen LogP contribution is 2.47. The number of nitrogens with one attached hydrogen (secondary N) is 2. The summed E-state index contributed by atoms with van der Waals surface area (Å²) in [7, 11) is -3.68. The molecule has 146 valence electrons. The Balaban J connectivity index is 1.65. The van der Waals surface area contributed by atoms with Crippen LogP contribution in [0.4, 0.5) is 4.39 Å². The van der Waals surface area contributed by atoms with Crippen molar-refractivity contribution in [3.63, 3.8) is 0 Å². The third-order valence-electron chi connectivity index (χ3n) is 4.54. The SMILES string of the molecule is CCNC(=NCc1ccc(S(N)(=O)=O)s1)NCC1(c2cccc(F)c2)CC1. The van der Waals surface area contributed by atoms with Crippen molar-refractivity contribution < 1.29 is 12.8 Å². The molecule has 2 aromatic rings. The van der Waals surface area contributed by atoms with Gasteiger partial charge in [-0.05, 0) is 49.6 Å². The third kappa shape index (κ3) is 5.06. The molecule has 1 aromatic carbocycles. The summed E-state index contributed by atoms with van der Waals surface area (Å²) in [6.07, 6.45) is 2.01. The van der Waals surface area contributed by atoms with Gasteiger partial charge in [0, 0.05) is 23.4 Å². The number of nitrogens with zero attached hydrogens (tertiary/aromatic N) is 1. The van der Waals surface area contributed by atoms with Gasteiger partial charge in [0.05, 0.1) is 6.54 Å². The van der Waals surface area contributed by atoms with Crippen LogP contribution in [0.2, 0.25) is 0 Å². The molecule has 0 unspecified atom stereocenters. The van der Waals surface area contributed by atoms with Gasteiger partial charge in [0.25, 0.3) is 0 Å². The Morgan fingerprint density at radius 2 is 2.07 bits per heavy atom. The molecule has 0 bridgehead atoms. The van der Waals surface area contributed by atoms with E-state index in [4.69, 9.17) is 5.14 Å². The minimum absolute atomic E-state index is 0.0536. The van der Waals surface area contributed by atoms with Crippen molar-refractivity contribution in [3.8, 4) is 0 Å². The highest BCUT2D eigenvalue weighted by Gasteiger charge is 2.44. The number of primary sulfonamides is 1. The molecule has 6 nitrogen and oxygen atoms in total.